The predicted octanol–water partition coefficient (Wildman–Crippen LogP) is 5.69. The van der Waals surface area contributed by atoms with Crippen molar-refractivity contribution < 1.29 is 38.4 Å². The molecule has 0 aromatic heterocycles. The second kappa shape index (κ2) is 16.4. The smallest absolute Gasteiger partial charge is 0.335 e. The molecule has 0 aliphatic heterocycles. The summed E-state index contributed by atoms with van der Waals surface area (Å²) in [5.74, 6) is -1.85. The van der Waals surface area contributed by atoms with Gasteiger partial charge in [-0.2, -0.15) is 0 Å². The number of hydrogen-bond donors (Lipinski definition) is 2. The maximum atomic E-state index is 14.6. The Hall–Kier alpha value is -4.01. The molecule has 0 bridgehead atoms. The maximum Gasteiger partial charge on any atom is 0.335 e. The third-order valence-corrected chi connectivity index (χ3v) is 6.71. The highest BCUT2D eigenvalue weighted by Crippen LogP contribution is 2.29. The summed E-state index contributed by atoms with van der Waals surface area (Å²) >= 11 is 0. The molecule has 42 heavy (non-hydrogen) atoms. The molecule has 8 heteroatoms. The van der Waals surface area contributed by atoms with Gasteiger partial charge in [-0.3, -0.25) is 4.79 Å². The molecule has 1 unspecified atom stereocenters. The summed E-state index contributed by atoms with van der Waals surface area (Å²) in [5, 5.41) is 18.2. The fraction of sp³-hybridized carbons (Fsp3) is 0.353. The molecule has 224 valence electrons. The molecule has 0 spiro atoms. The molecule has 2 N–H and O–H groups in total. The van der Waals surface area contributed by atoms with Crippen LogP contribution in [0.1, 0.15) is 37.8 Å². The van der Waals surface area contributed by atoms with E-state index in [-0.39, 0.29) is 31.1 Å². The zero-order valence-corrected chi connectivity index (χ0v) is 24.2. The van der Waals surface area contributed by atoms with E-state index in [0.717, 1.165) is 46.2 Å². The Kier molecular flexibility index (Phi) is 12.7. The van der Waals surface area contributed by atoms with Crippen LogP contribution in [0.15, 0.2) is 72.8 Å². The average Bonchev–Trinajstić information content (AvgIpc) is 3.00. The lowest BCUT2D eigenvalue weighted by molar-refractivity contribution is -0.149. The van der Waals surface area contributed by atoms with Crippen LogP contribution in [0.2, 0.25) is 0 Å². The minimum Gasteiger partial charge on any atom is -0.491 e. The van der Waals surface area contributed by atoms with Gasteiger partial charge in [0.25, 0.3) is 0 Å². The van der Waals surface area contributed by atoms with Gasteiger partial charge in [0.2, 0.25) is 0 Å². The number of esters is 2. The van der Waals surface area contributed by atoms with Crippen molar-refractivity contribution in [3.05, 3.63) is 89.8 Å². The largest absolute Gasteiger partial charge is 0.491 e. The third-order valence-electron chi connectivity index (χ3n) is 6.71. The Balaban J connectivity index is 1.78. The second-order valence-electron chi connectivity index (χ2n) is 10.1. The van der Waals surface area contributed by atoms with Gasteiger partial charge >= 0.3 is 11.9 Å². The summed E-state index contributed by atoms with van der Waals surface area (Å²) in [6.07, 6.45) is 2.72. The predicted molar refractivity (Wildman–Crippen MR) is 159 cm³/mol. The number of aliphatic hydroxyl groups is 2. The molecule has 3 aromatic carbocycles. The minimum atomic E-state index is -0.647. The molecule has 0 fully saturated rings. The number of unbranched alkanes of at least 4 members (excludes halogenated alkanes) is 1. The highest BCUT2D eigenvalue weighted by Gasteiger charge is 2.14. The molecule has 0 radical (unpaired) electrons. The van der Waals surface area contributed by atoms with Gasteiger partial charge in [0.1, 0.15) is 0 Å². The first-order chi connectivity index (χ1) is 20.2. The van der Waals surface area contributed by atoms with Crippen molar-refractivity contribution in [2.75, 3.05) is 33.0 Å². The number of carbonyl (C=O) groups is 2. The summed E-state index contributed by atoms with van der Waals surface area (Å²) < 4.78 is 30.7. The van der Waals surface area contributed by atoms with Gasteiger partial charge in [-0.05, 0) is 58.9 Å². The van der Waals surface area contributed by atoms with Crippen molar-refractivity contribution in [1.29, 1.82) is 0 Å². The van der Waals surface area contributed by atoms with Crippen LogP contribution < -0.4 is 4.74 Å². The van der Waals surface area contributed by atoms with Gasteiger partial charge in [-0.25, -0.2) is 9.18 Å². The van der Waals surface area contributed by atoms with Crippen molar-refractivity contribution in [1.82, 2.24) is 0 Å². The fourth-order valence-corrected chi connectivity index (χ4v) is 4.11. The fourth-order valence-electron chi connectivity index (χ4n) is 4.11. The van der Waals surface area contributed by atoms with Gasteiger partial charge in [0.05, 0.1) is 44.5 Å². The monoisotopic (exact) mass is 578 g/mol. The number of benzene rings is 3. The zero-order valence-electron chi connectivity index (χ0n) is 24.2. The van der Waals surface area contributed by atoms with Gasteiger partial charge in [-0.1, -0.05) is 68.5 Å². The van der Waals surface area contributed by atoms with Crippen molar-refractivity contribution in [2.24, 2.45) is 5.92 Å². The Bertz CT molecular complexity index is 1350. The molecule has 0 amide bonds. The average molecular weight is 579 g/mol. The van der Waals surface area contributed by atoms with E-state index in [1.54, 1.807) is 13.0 Å². The van der Waals surface area contributed by atoms with Crippen molar-refractivity contribution in [3.63, 3.8) is 0 Å². The van der Waals surface area contributed by atoms with E-state index in [1.165, 1.54) is 6.07 Å². The van der Waals surface area contributed by atoms with E-state index in [1.807, 2.05) is 48.5 Å². The first kappa shape index (κ1) is 32.5. The molecule has 0 heterocycles. The Labute approximate surface area is 246 Å². The van der Waals surface area contributed by atoms with Crippen molar-refractivity contribution in [2.45, 2.75) is 39.5 Å². The number of hydrogen-bond acceptors (Lipinski definition) is 7. The number of ether oxygens (including phenoxy) is 3. The van der Waals surface area contributed by atoms with Crippen molar-refractivity contribution >= 4 is 11.9 Å². The molecular formula is C34H39FO7. The first-order valence-corrected chi connectivity index (χ1v) is 14.1. The highest BCUT2D eigenvalue weighted by molar-refractivity contribution is 5.87. The molecule has 7 nitrogen and oxygen atoms in total. The summed E-state index contributed by atoms with van der Waals surface area (Å²) in [5.41, 5.74) is 5.26. The van der Waals surface area contributed by atoms with E-state index < -0.39 is 30.3 Å². The van der Waals surface area contributed by atoms with E-state index in [4.69, 9.17) is 24.4 Å². The highest BCUT2D eigenvalue weighted by atomic mass is 19.1. The number of halogens is 1. The molecule has 3 aromatic rings. The van der Waals surface area contributed by atoms with Crippen LogP contribution >= 0.6 is 0 Å². The Morgan fingerprint density at radius 2 is 1.43 bits per heavy atom. The molecule has 0 aliphatic rings. The van der Waals surface area contributed by atoms with Crippen molar-refractivity contribution in [3.8, 4) is 28.0 Å². The second-order valence-corrected chi connectivity index (χ2v) is 10.1. The van der Waals surface area contributed by atoms with Crippen LogP contribution in [0.25, 0.3) is 22.3 Å². The van der Waals surface area contributed by atoms with Gasteiger partial charge in [-0.15, -0.1) is 0 Å². The molecular weight excluding hydrogens is 539 g/mol. The summed E-state index contributed by atoms with van der Waals surface area (Å²) in [6.45, 7) is 7.12. The minimum absolute atomic E-state index is 0.0120. The molecule has 0 saturated carbocycles. The number of rotatable bonds is 16. The standard InChI is InChI=1S/C34H39FO7/c1-4-5-14-40-32-11-10-29(20-31(32)35)27-6-8-28(9-7-27)30-18-25(12-15-41-33(38)23(2)21-36)17-26(19-30)13-16-42-34(39)24(3)22-37/h6-11,17-20,24,36-37H,2,4-5,12-16,21-22H2,1,3H3. The van der Waals surface area contributed by atoms with E-state index in [0.29, 0.717) is 19.4 Å². The van der Waals surface area contributed by atoms with Gasteiger partial charge in [0, 0.05) is 12.8 Å². The summed E-state index contributed by atoms with van der Waals surface area (Å²) in [4.78, 5) is 23.8. The third kappa shape index (κ3) is 9.53. The molecule has 0 saturated heterocycles. The number of aliphatic hydroxyl groups excluding tert-OH is 2. The van der Waals surface area contributed by atoms with Crippen LogP contribution in [0, 0.1) is 11.7 Å². The van der Waals surface area contributed by atoms with E-state index in [2.05, 4.69) is 13.5 Å². The lowest BCUT2D eigenvalue weighted by Gasteiger charge is -2.13. The van der Waals surface area contributed by atoms with Crippen LogP contribution in [0.3, 0.4) is 0 Å². The Morgan fingerprint density at radius 3 is 2.00 bits per heavy atom. The molecule has 1 atom stereocenters. The Morgan fingerprint density at radius 1 is 0.833 bits per heavy atom. The van der Waals surface area contributed by atoms with Crippen LogP contribution in [0.4, 0.5) is 4.39 Å². The molecule has 3 rings (SSSR count). The maximum absolute atomic E-state index is 14.6. The quantitative estimate of drug-likeness (QED) is 0.128. The lowest BCUT2D eigenvalue weighted by Crippen LogP contribution is -2.19. The van der Waals surface area contributed by atoms with E-state index in [9.17, 15) is 14.0 Å². The number of carbonyl (C=O) groups excluding carboxylic acids is 2. The summed E-state index contributed by atoms with van der Waals surface area (Å²) in [6, 6.07) is 18.7. The topological polar surface area (TPSA) is 102 Å². The summed E-state index contributed by atoms with van der Waals surface area (Å²) in [7, 11) is 0. The van der Waals surface area contributed by atoms with E-state index >= 15 is 0 Å². The van der Waals surface area contributed by atoms with Gasteiger partial charge < -0.3 is 24.4 Å². The SMILES string of the molecule is C=C(CO)C(=O)OCCc1cc(CCOC(=O)C(C)CO)cc(-c2ccc(-c3ccc(OCCCC)c(F)c3)cc2)c1. The molecule has 0 aliphatic carbocycles. The van der Waals surface area contributed by atoms with Crippen LogP contribution in [-0.2, 0) is 31.9 Å². The zero-order chi connectivity index (χ0) is 30.5. The lowest BCUT2D eigenvalue weighted by atomic mass is 9.95. The van der Waals surface area contributed by atoms with Crippen LogP contribution in [0.5, 0.6) is 5.75 Å². The van der Waals surface area contributed by atoms with Crippen LogP contribution in [-0.4, -0.2) is 55.2 Å². The normalized spacial score (nSPS) is 11.5. The van der Waals surface area contributed by atoms with Gasteiger partial charge in [0.15, 0.2) is 11.6 Å². The first-order valence-electron chi connectivity index (χ1n) is 14.1.